The van der Waals surface area contributed by atoms with Crippen LogP contribution in [0.2, 0.25) is 0 Å². The molecule has 0 radical (unpaired) electrons. The van der Waals surface area contributed by atoms with E-state index in [4.69, 9.17) is 5.73 Å². The summed E-state index contributed by atoms with van der Waals surface area (Å²) in [5.41, 5.74) is 8.71. The first-order valence-electron chi connectivity index (χ1n) is 6.00. The summed E-state index contributed by atoms with van der Waals surface area (Å²) in [6, 6.07) is 7.59. The fourth-order valence-corrected chi connectivity index (χ4v) is 2.55. The van der Waals surface area contributed by atoms with E-state index in [1.807, 2.05) is 24.3 Å². The van der Waals surface area contributed by atoms with E-state index in [2.05, 4.69) is 24.9 Å². The second-order valence-electron chi connectivity index (χ2n) is 4.08. The van der Waals surface area contributed by atoms with Gasteiger partial charge in [-0.15, -0.1) is 0 Å². The second kappa shape index (κ2) is 5.62. The SMILES string of the molecule is Nc1nsc(NCc2cccnn2)c1-c1ccncc1. The maximum atomic E-state index is 5.95. The Morgan fingerprint density at radius 1 is 1.15 bits per heavy atom. The van der Waals surface area contributed by atoms with Crippen molar-refractivity contribution in [1.82, 2.24) is 19.6 Å². The van der Waals surface area contributed by atoms with Gasteiger partial charge in [-0.2, -0.15) is 14.6 Å². The number of rotatable bonds is 4. The Labute approximate surface area is 119 Å². The molecule has 7 heteroatoms. The van der Waals surface area contributed by atoms with Gasteiger partial charge in [0.15, 0.2) is 0 Å². The molecule has 0 atom stereocenters. The molecule has 0 saturated heterocycles. The van der Waals surface area contributed by atoms with Gasteiger partial charge in [0, 0.05) is 18.6 Å². The molecule has 0 amide bonds. The molecule has 3 N–H and O–H groups in total. The molecule has 3 aromatic heterocycles. The van der Waals surface area contributed by atoms with Crippen LogP contribution in [0.5, 0.6) is 0 Å². The molecular weight excluding hydrogens is 272 g/mol. The van der Waals surface area contributed by atoms with Crippen LogP contribution in [0.1, 0.15) is 5.69 Å². The number of aromatic nitrogens is 4. The summed E-state index contributed by atoms with van der Waals surface area (Å²) in [5, 5.41) is 12.1. The standard InChI is InChI=1S/C13H12N6S/c14-12-11(9-3-6-15-7-4-9)13(20-19-12)16-8-10-2-1-5-17-18-10/h1-7,16H,8H2,(H2,14,19). The van der Waals surface area contributed by atoms with Crippen molar-refractivity contribution in [3.8, 4) is 11.1 Å². The van der Waals surface area contributed by atoms with Crippen LogP contribution in [-0.2, 0) is 6.54 Å². The lowest BCUT2D eigenvalue weighted by molar-refractivity contribution is 0.927. The minimum absolute atomic E-state index is 0.517. The summed E-state index contributed by atoms with van der Waals surface area (Å²) in [6.45, 7) is 0.577. The van der Waals surface area contributed by atoms with E-state index in [-0.39, 0.29) is 0 Å². The van der Waals surface area contributed by atoms with Crippen LogP contribution in [-0.4, -0.2) is 19.6 Å². The van der Waals surface area contributed by atoms with Crippen LogP contribution in [0.3, 0.4) is 0 Å². The number of nitrogens with one attached hydrogen (secondary N) is 1. The Morgan fingerprint density at radius 2 is 2.00 bits per heavy atom. The van der Waals surface area contributed by atoms with E-state index in [1.54, 1.807) is 18.6 Å². The van der Waals surface area contributed by atoms with Crippen LogP contribution in [0.4, 0.5) is 10.8 Å². The number of nitrogens with zero attached hydrogens (tertiary/aromatic N) is 4. The molecule has 0 aliphatic carbocycles. The Hall–Kier alpha value is -2.54. The zero-order valence-electron chi connectivity index (χ0n) is 10.5. The highest BCUT2D eigenvalue weighted by Crippen LogP contribution is 2.36. The van der Waals surface area contributed by atoms with Crippen molar-refractivity contribution < 1.29 is 0 Å². The Bertz CT molecular complexity index is 683. The van der Waals surface area contributed by atoms with Crippen molar-refractivity contribution in [3.05, 3.63) is 48.5 Å². The lowest BCUT2D eigenvalue weighted by Gasteiger charge is -2.06. The van der Waals surface area contributed by atoms with E-state index in [0.717, 1.165) is 21.8 Å². The topological polar surface area (TPSA) is 89.6 Å². The maximum absolute atomic E-state index is 5.95. The molecular formula is C13H12N6S. The van der Waals surface area contributed by atoms with E-state index in [9.17, 15) is 0 Å². The zero-order valence-corrected chi connectivity index (χ0v) is 11.3. The molecule has 100 valence electrons. The van der Waals surface area contributed by atoms with Crippen molar-refractivity contribution in [1.29, 1.82) is 0 Å². The van der Waals surface area contributed by atoms with Crippen molar-refractivity contribution in [2.45, 2.75) is 6.54 Å². The molecule has 0 aliphatic rings. The van der Waals surface area contributed by atoms with Crippen molar-refractivity contribution in [2.24, 2.45) is 0 Å². The van der Waals surface area contributed by atoms with Gasteiger partial charge in [-0.05, 0) is 41.4 Å². The number of nitrogens with two attached hydrogens (primary N) is 1. The van der Waals surface area contributed by atoms with Gasteiger partial charge in [-0.3, -0.25) is 4.98 Å². The normalized spacial score (nSPS) is 10.4. The van der Waals surface area contributed by atoms with Crippen molar-refractivity contribution in [3.63, 3.8) is 0 Å². The highest BCUT2D eigenvalue weighted by molar-refractivity contribution is 7.11. The lowest BCUT2D eigenvalue weighted by Crippen LogP contribution is -2.02. The van der Waals surface area contributed by atoms with Crippen molar-refractivity contribution >= 4 is 22.4 Å². The largest absolute Gasteiger partial charge is 0.382 e. The van der Waals surface area contributed by atoms with Crippen LogP contribution < -0.4 is 11.1 Å². The molecule has 3 aromatic rings. The molecule has 0 fully saturated rings. The fourth-order valence-electron chi connectivity index (χ4n) is 1.82. The third kappa shape index (κ3) is 2.57. The molecule has 0 spiro atoms. The average Bonchev–Trinajstić information content (AvgIpc) is 2.88. The zero-order chi connectivity index (χ0) is 13.8. The minimum Gasteiger partial charge on any atom is -0.382 e. The monoisotopic (exact) mass is 284 g/mol. The first kappa shape index (κ1) is 12.5. The smallest absolute Gasteiger partial charge is 0.147 e. The quantitative estimate of drug-likeness (QED) is 0.763. The van der Waals surface area contributed by atoms with Gasteiger partial charge in [0.25, 0.3) is 0 Å². The van der Waals surface area contributed by atoms with Gasteiger partial charge in [0.2, 0.25) is 0 Å². The number of pyridine rings is 1. The van der Waals surface area contributed by atoms with Gasteiger partial charge in [0.05, 0.1) is 17.8 Å². The van der Waals surface area contributed by atoms with Gasteiger partial charge >= 0.3 is 0 Å². The summed E-state index contributed by atoms with van der Waals surface area (Å²) in [6.07, 6.45) is 5.12. The van der Waals surface area contributed by atoms with Crippen molar-refractivity contribution in [2.75, 3.05) is 11.1 Å². The second-order valence-corrected chi connectivity index (χ2v) is 4.85. The first-order chi connectivity index (χ1) is 9.84. The lowest BCUT2D eigenvalue weighted by atomic mass is 10.1. The Morgan fingerprint density at radius 3 is 2.75 bits per heavy atom. The summed E-state index contributed by atoms with van der Waals surface area (Å²) in [4.78, 5) is 4.01. The third-order valence-electron chi connectivity index (χ3n) is 2.75. The molecule has 0 saturated carbocycles. The van der Waals surface area contributed by atoms with Crippen LogP contribution in [0, 0.1) is 0 Å². The maximum Gasteiger partial charge on any atom is 0.147 e. The van der Waals surface area contributed by atoms with Gasteiger partial charge in [-0.25, -0.2) is 0 Å². The Kier molecular flexibility index (Phi) is 3.51. The number of nitrogen functional groups attached to an aromatic ring is 1. The first-order valence-corrected chi connectivity index (χ1v) is 6.78. The highest BCUT2D eigenvalue weighted by atomic mass is 32.1. The molecule has 0 aromatic carbocycles. The summed E-state index contributed by atoms with van der Waals surface area (Å²) in [5.74, 6) is 0.517. The average molecular weight is 284 g/mol. The predicted octanol–water partition coefficient (Wildman–Crippen LogP) is 2.19. The van der Waals surface area contributed by atoms with Crippen LogP contribution in [0.15, 0.2) is 42.9 Å². The molecule has 6 nitrogen and oxygen atoms in total. The Balaban J connectivity index is 1.85. The van der Waals surface area contributed by atoms with E-state index >= 15 is 0 Å². The summed E-state index contributed by atoms with van der Waals surface area (Å²) >= 11 is 1.34. The number of hydrogen-bond acceptors (Lipinski definition) is 7. The fraction of sp³-hybridized carbons (Fsp3) is 0.0769. The molecule has 3 rings (SSSR count). The highest BCUT2D eigenvalue weighted by Gasteiger charge is 2.13. The number of anilines is 2. The van der Waals surface area contributed by atoms with Crippen LogP contribution >= 0.6 is 11.5 Å². The number of hydrogen-bond donors (Lipinski definition) is 2. The molecule has 0 aliphatic heterocycles. The molecule has 3 heterocycles. The third-order valence-corrected chi connectivity index (χ3v) is 3.56. The van der Waals surface area contributed by atoms with E-state index < -0.39 is 0 Å². The minimum atomic E-state index is 0.517. The summed E-state index contributed by atoms with van der Waals surface area (Å²) in [7, 11) is 0. The predicted molar refractivity (Wildman–Crippen MR) is 79.1 cm³/mol. The van der Waals surface area contributed by atoms with Crippen LogP contribution in [0.25, 0.3) is 11.1 Å². The molecule has 20 heavy (non-hydrogen) atoms. The van der Waals surface area contributed by atoms with E-state index in [1.165, 1.54) is 11.5 Å². The summed E-state index contributed by atoms with van der Waals surface area (Å²) < 4.78 is 4.21. The molecule has 0 bridgehead atoms. The van der Waals surface area contributed by atoms with Gasteiger partial charge < -0.3 is 11.1 Å². The molecule has 0 unspecified atom stereocenters. The van der Waals surface area contributed by atoms with E-state index in [0.29, 0.717) is 12.4 Å². The van der Waals surface area contributed by atoms with Gasteiger partial charge in [0.1, 0.15) is 10.8 Å². The van der Waals surface area contributed by atoms with Gasteiger partial charge in [-0.1, -0.05) is 0 Å².